The van der Waals surface area contributed by atoms with Crippen molar-refractivity contribution >= 4 is 11.9 Å². The summed E-state index contributed by atoms with van der Waals surface area (Å²) >= 11 is 0. The third-order valence-corrected chi connectivity index (χ3v) is 1.92. The molecule has 0 amide bonds. The molecule has 1 N–H and O–H groups in total. The smallest absolute Gasteiger partial charge is 0.337 e. The van der Waals surface area contributed by atoms with Crippen molar-refractivity contribution in [3.8, 4) is 0 Å². The van der Waals surface area contributed by atoms with E-state index in [0.29, 0.717) is 0 Å². The van der Waals surface area contributed by atoms with Crippen LogP contribution in [0.25, 0.3) is 0 Å². The fourth-order valence-corrected chi connectivity index (χ4v) is 1.15. The molecule has 15 heavy (non-hydrogen) atoms. The van der Waals surface area contributed by atoms with Gasteiger partial charge in [0.1, 0.15) is 6.61 Å². The van der Waals surface area contributed by atoms with Gasteiger partial charge in [-0.05, 0) is 17.7 Å². The number of carboxylic acid groups (broad SMARTS) is 1. The molecule has 0 unspecified atom stereocenters. The number of aromatic carboxylic acids is 1. The summed E-state index contributed by atoms with van der Waals surface area (Å²) in [6.07, 6.45) is 0. The van der Waals surface area contributed by atoms with E-state index in [-0.39, 0.29) is 16.7 Å². The van der Waals surface area contributed by atoms with Gasteiger partial charge in [-0.15, -0.1) is 0 Å². The molecule has 5 heteroatoms. The first-order chi connectivity index (χ1) is 7.10. The van der Waals surface area contributed by atoms with Crippen molar-refractivity contribution in [2.75, 3.05) is 7.11 Å². The number of hydrogen-bond acceptors (Lipinski definition) is 3. The molecule has 0 saturated heterocycles. The van der Waals surface area contributed by atoms with Crippen molar-refractivity contribution in [3.05, 3.63) is 34.9 Å². The predicted octanol–water partition coefficient (Wildman–Crippen LogP) is 1.10. The maximum absolute atomic E-state index is 11.1. The number of carbonyl (C=O) groups is 2. The van der Waals surface area contributed by atoms with Gasteiger partial charge in [0.25, 0.3) is 0 Å². The quantitative estimate of drug-likeness (QED) is 0.755. The third-order valence-electron chi connectivity index (χ3n) is 1.92. The number of carbonyl (C=O) groups excluding carboxylic acids is 1. The molecule has 1 aromatic rings. The van der Waals surface area contributed by atoms with Gasteiger partial charge in [0.05, 0.1) is 18.2 Å². The molecule has 5 nitrogen and oxygen atoms in total. The van der Waals surface area contributed by atoms with Gasteiger partial charge in [-0.1, -0.05) is 6.07 Å². The van der Waals surface area contributed by atoms with E-state index in [4.69, 9.17) is 5.11 Å². The fourth-order valence-electron chi connectivity index (χ4n) is 1.15. The zero-order valence-electron chi connectivity index (χ0n) is 8.02. The van der Waals surface area contributed by atoms with Gasteiger partial charge >= 0.3 is 11.9 Å². The maximum atomic E-state index is 11.1. The molecular weight excluding hydrogens is 200 g/mol. The molecule has 0 saturated carbocycles. The summed E-state index contributed by atoms with van der Waals surface area (Å²) in [4.78, 5) is 21.8. The molecular formula is C10H9O5. The number of benzene rings is 1. The predicted molar refractivity (Wildman–Crippen MR) is 49.1 cm³/mol. The summed E-state index contributed by atoms with van der Waals surface area (Å²) < 4.78 is 4.43. The number of esters is 1. The Bertz CT molecular complexity index is 397. The van der Waals surface area contributed by atoms with E-state index in [1.807, 2.05) is 0 Å². The summed E-state index contributed by atoms with van der Waals surface area (Å²) in [6.45, 7) is -0.636. The molecule has 0 aliphatic heterocycles. The highest BCUT2D eigenvalue weighted by atomic mass is 16.5. The minimum absolute atomic E-state index is 0.118. The lowest BCUT2D eigenvalue weighted by atomic mass is 10.0. The third kappa shape index (κ3) is 2.32. The van der Waals surface area contributed by atoms with E-state index in [1.165, 1.54) is 19.2 Å². The van der Waals surface area contributed by atoms with E-state index in [0.717, 1.165) is 6.07 Å². The minimum Gasteiger partial charge on any atom is -0.478 e. The molecule has 0 atom stereocenters. The first-order valence-corrected chi connectivity index (χ1v) is 4.12. The minimum atomic E-state index is -1.23. The molecule has 1 rings (SSSR count). The van der Waals surface area contributed by atoms with Crippen LogP contribution in [0.15, 0.2) is 18.2 Å². The van der Waals surface area contributed by atoms with Gasteiger partial charge in [-0.2, -0.15) is 0 Å². The molecule has 0 bridgehead atoms. The SMILES string of the molecule is COC(=O)c1ccc(C[O])c(C(=O)O)c1. The first-order valence-electron chi connectivity index (χ1n) is 4.12. The summed E-state index contributed by atoms with van der Waals surface area (Å²) in [6, 6.07) is 3.83. The number of hydrogen-bond donors (Lipinski definition) is 1. The van der Waals surface area contributed by atoms with Gasteiger partial charge in [0, 0.05) is 0 Å². The standard InChI is InChI=1S/C10H9O5/c1-15-10(14)6-2-3-7(5-11)8(4-6)9(12)13/h2-4H,5H2,1H3,(H,12,13). The molecule has 1 radical (unpaired) electrons. The lowest BCUT2D eigenvalue weighted by Gasteiger charge is -2.04. The second-order valence-corrected chi connectivity index (χ2v) is 2.81. The average molecular weight is 209 g/mol. The molecule has 0 fully saturated rings. The lowest BCUT2D eigenvalue weighted by molar-refractivity contribution is 0.0600. The largest absolute Gasteiger partial charge is 0.478 e. The Kier molecular flexibility index (Phi) is 3.41. The van der Waals surface area contributed by atoms with Crippen LogP contribution >= 0.6 is 0 Å². The van der Waals surface area contributed by atoms with E-state index in [9.17, 15) is 14.7 Å². The molecule has 1 aromatic carbocycles. The van der Waals surface area contributed by atoms with Crippen LogP contribution in [0.3, 0.4) is 0 Å². The Morgan fingerprint density at radius 3 is 2.53 bits per heavy atom. The Hall–Kier alpha value is -1.88. The number of ether oxygens (including phenoxy) is 1. The monoisotopic (exact) mass is 209 g/mol. The van der Waals surface area contributed by atoms with Crippen molar-refractivity contribution in [2.45, 2.75) is 6.61 Å². The molecule has 0 spiro atoms. The first kappa shape index (κ1) is 11.2. The maximum Gasteiger partial charge on any atom is 0.337 e. The van der Waals surface area contributed by atoms with Gasteiger partial charge in [-0.3, -0.25) is 0 Å². The van der Waals surface area contributed by atoms with Crippen molar-refractivity contribution in [3.63, 3.8) is 0 Å². The molecule has 0 aromatic heterocycles. The summed E-state index contributed by atoms with van der Waals surface area (Å²) in [5.41, 5.74) is 0.107. The molecule has 0 aliphatic rings. The van der Waals surface area contributed by atoms with E-state index < -0.39 is 18.5 Å². The van der Waals surface area contributed by atoms with Crippen LogP contribution in [-0.4, -0.2) is 24.2 Å². The highest BCUT2D eigenvalue weighted by molar-refractivity contribution is 5.95. The topological polar surface area (TPSA) is 83.5 Å². The number of carboxylic acids is 1. The van der Waals surface area contributed by atoms with Crippen molar-refractivity contribution < 1.29 is 24.5 Å². The lowest BCUT2D eigenvalue weighted by Crippen LogP contribution is -2.07. The Morgan fingerprint density at radius 1 is 1.40 bits per heavy atom. The van der Waals surface area contributed by atoms with E-state index >= 15 is 0 Å². The highest BCUT2D eigenvalue weighted by Gasteiger charge is 2.14. The van der Waals surface area contributed by atoms with E-state index in [1.54, 1.807) is 0 Å². The van der Waals surface area contributed by atoms with Crippen molar-refractivity contribution in [1.29, 1.82) is 0 Å². The van der Waals surface area contributed by atoms with Crippen LogP contribution in [0.5, 0.6) is 0 Å². The van der Waals surface area contributed by atoms with E-state index in [2.05, 4.69) is 4.74 Å². The highest BCUT2D eigenvalue weighted by Crippen LogP contribution is 2.13. The molecule has 79 valence electrons. The van der Waals surface area contributed by atoms with Crippen LogP contribution in [0, 0.1) is 0 Å². The van der Waals surface area contributed by atoms with Crippen LogP contribution in [0.2, 0.25) is 0 Å². The summed E-state index contributed by atoms with van der Waals surface area (Å²) in [7, 11) is 1.20. The van der Waals surface area contributed by atoms with Crippen LogP contribution in [-0.2, 0) is 16.5 Å². The van der Waals surface area contributed by atoms with Crippen molar-refractivity contribution in [2.24, 2.45) is 0 Å². The normalized spacial score (nSPS) is 9.73. The van der Waals surface area contributed by atoms with Crippen LogP contribution in [0.4, 0.5) is 0 Å². The Labute approximate surface area is 85.9 Å². The second kappa shape index (κ2) is 4.56. The summed E-state index contributed by atoms with van der Waals surface area (Å²) in [5, 5.41) is 19.4. The zero-order valence-corrected chi connectivity index (χ0v) is 8.02. The number of rotatable bonds is 3. The summed E-state index contributed by atoms with van der Waals surface area (Å²) in [5.74, 6) is -1.86. The molecule has 0 heterocycles. The van der Waals surface area contributed by atoms with Gasteiger partial charge in [0.15, 0.2) is 0 Å². The van der Waals surface area contributed by atoms with Crippen LogP contribution in [0.1, 0.15) is 26.3 Å². The van der Waals surface area contributed by atoms with Gasteiger partial charge < -0.3 is 9.84 Å². The second-order valence-electron chi connectivity index (χ2n) is 2.81. The van der Waals surface area contributed by atoms with Gasteiger partial charge in [-0.25, -0.2) is 14.7 Å². The molecule has 0 aliphatic carbocycles. The van der Waals surface area contributed by atoms with Gasteiger partial charge in [0.2, 0.25) is 0 Å². The average Bonchev–Trinajstić information content (AvgIpc) is 2.27. The van der Waals surface area contributed by atoms with Crippen LogP contribution < -0.4 is 0 Å². The Morgan fingerprint density at radius 2 is 2.07 bits per heavy atom. The van der Waals surface area contributed by atoms with Crippen molar-refractivity contribution in [1.82, 2.24) is 0 Å². The zero-order chi connectivity index (χ0) is 11.4. The fraction of sp³-hybridized carbons (Fsp3) is 0.200. The number of methoxy groups -OCH3 is 1. The Balaban J connectivity index is 3.22.